The molecular formula is C15H15BO6. The molecule has 0 amide bonds. The Hall–Kier alpha value is -2.64. The number of hydrogen-bond donors (Lipinski definition) is 2. The van der Waals surface area contributed by atoms with Gasteiger partial charge < -0.3 is 21.2 Å². The summed E-state index contributed by atoms with van der Waals surface area (Å²) >= 11 is 0. The number of carboxylic acids is 2. The molecule has 2 rings (SSSR count). The largest absolute Gasteiger partial charge is 0.870 e. The monoisotopic (exact) mass is 302 g/mol. The molecule has 0 heterocycles. The first-order chi connectivity index (χ1) is 9.43. The van der Waals surface area contributed by atoms with Crippen molar-refractivity contribution in [3.05, 3.63) is 65.2 Å². The smallest absolute Gasteiger partial charge is 0.870 e. The second-order valence-electron chi connectivity index (χ2n) is 4.00. The molecule has 7 heteroatoms. The molecular weight excluding hydrogens is 287 g/mol. The van der Waals surface area contributed by atoms with E-state index in [1.807, 2.05) is 30.3 Å². The number of carboxylic acid groups (broad SMARTS) is 2. The Morgan fingerprint density at radius 2 is 1.23 bits per heavy atom. The maximum absolute atomic E-state index is 10.6. The van der Waals surface area contributed by atoms with Crippen LogP contribution < -0.4 is 5.46 Å². The average molecular weight is 302 g/mol. The van der Waals surface area contributed by atoms with E-state index in [4.69, 9.17) is 18.1 Å². The van der Waals surface area contributed by atoms with Gasteiger partial charge >= 0.3 is 55.6 Å². The number of carbonyl (C=O) groups is 2. The molecule has 0 radical (unpaired) electrons. The van der Waals surface area contributed by atoms with Crippen molar-refractivity contribution in [3.8, 4) is 0 Å². The summed E-state index contributed by atoms with van der Waals surface area (Å²) in [5.41, 5.74) is 1.16. The summed E-state index contributed by atoms with van der Waals surface area (Å²) in [6, 6.07) is 13.7. The SMILES string of the molecule is Cc1c(C(=O)O)cccc1C(=O)O.[B+2]c1ccccc1.[OH-].[OH-]. The van der Waals surface area contributed by atoms with Gasteiger partial charge in [-0.2, -0.15) is 0 Å². The van der Waals surface area contributed by atoms with Crippen molar-refractivity contribution in [1.82, 2.24) is 0 Å². The molecule has 0 aromatic heterocycles. The molecule has 0 aliphatic heterocycles. The third kappa shape index (κ3) is 6.21. The first kappa shape index (κ1) is 21.7. The van der Waals surface area contributed by atoms with Gasteiger partial charge in [-0.1, -0.05) is 6.07 Å². The molecule has 0 atom stereocenters. The van der Waals surface area contributed by atoms with Gasteiger partial charge in [-0.25, -0.2) is 9.59 Å². The molecule has 4 N–H and O–H groups in total. The van der Waals surface area contributed by atoms with E-state index in [-0.39, 0.29) is 27.6 Å². The molecule has 22 heavy (non-hydrogen) atoms. The molecule has 0 unspecified atom stereocenters. The van der Waals surface area contributed by atoms with E-state index in [0.29, 0.717) is 0 Å². The zero-order chi connectivity index (χ0) is 15.1. The fraction of sp³-hybridized carbons (Fsp3) is 0.0667. The van der Waals surface area contributed by atoms with Crippen LogP contribution in [0.5, 0.6) is 0 Å². The number of aromatic carboxylic acids is 2. The first-order valence-corrected chi connectivity index (χ1v) is 5.80. The molecule has 6 nitrogen and oxygen atoms in total. The van der Waals surface area contributed by atoms with Crippen molar-refractivity contribution in [2.24, 2.45) is 0 Å². The van der Waals surface area contributed by atoms with Crippen LogP contribution in [-0.2, 0) is 0 Å². The van der Waals surface area contributed by atoms with Crippen molar-refractivity contribution in [2.75, 3.05) is 0 Å². The summed E-state index contributed by atoms with van der Waals surface area (Å²) in [7, 11) is 5.36. The maximum atomic E-state index is 10.6. The van der Waals surface area contributed by atoms with Crippen LogP contribution in [0.25, 0.3) is 0 Å². The second kappa shape index (κ2) is 10.1. The van der Waals surface area contributed by atoms with Crippen LogP contribution in [-0.4, -0.2) is 41.0 Å². The van der Waals surface area contributed by atoms with Gasteiger partial charge in [-0.05, 0) is 24.6 Å². The normalized spacial score (nSPS) is 8.50. The van der Waals surface area contributed by atoms with Gasteiger partial charge in [-0.15, -0.1) is 0 Å². The van der Waals surface area contributed by atoms with Crippen molar-refractivity contribution < 1.29 is 30.8 Å². The van der Waals surface area contributed by atoms with E-state index >= 15 is 0 Å². The van der Waals surface area contributed by atoms with Gasteiger partial charge in [0.15, 0.2) is 0 Å². The quantitative estimate of drug-likeness (QED) is 0.807. The van der Waals surface area contributed by atoms with Crippen LogP contribution in [0.1, 0.15) is 26.3 Å². The van der Waals surface area contributed by atoms with Crippen molar-refractivity contribution >= 4 is 25.2 Å². The van der Waals surface area contributed by atoms with E-state index in [1.54, 1.807) is 0 Å². The van der Waals surface area contributed by atoms with Gasteiger partial charge in [0, 0.05) is 0 Å². The molecule has 0 spiro atoms. The summed E-state index contributed by atoms with van der Waals surface area (Å²) in [6.45, 7) is 1.48. The second-order valence-corrected chi connectivity index (χ2v) is 4.00. The predicted octanol–water partition coefficient (Wildman–Crippen LogP) is 1.52. The maximum Gasteiger partial charge on any atom is -0.870 e. The van der Waals surface area contributed by atoms with E-state index < -0.39 is 11.9 Å². The van der Waals surface area contributed by atoms with Gasteiger partial charge in [0.1, 0.15) is 0 Å². The van der Waals surface area contributed by atoms with Gasteiger partial charge in [-0.3, -0.25) is 0 Å². The number of hydrogen-bond acceptors (Lipinski definition) is 4. The first-order valence-electron chi connectivity index (χ1n) is 5.80. The third-order valence-corrected chi connectivity index (χ3v) is 2.59. The van der Waals surface area contributed by atoms with Crippen LogP contribution in [0.4, 0.5) is 0 Å². The van der Waals surface area contributed by atoms with Crippen LogP contribution in [0.15, 0.2) is 48.5 Å². The molecule has 0 aliphatic rings. The minimum atomic E-state index is -1.11. The van der Waals surface area contributed by atoms with Crippen LogP contribution >= 0.6 is 0 Å². The molecule has 2 aromatic rings. The topological polar surface area (TPSA) is 135 Å². The molecule has 114 valence electrons. The Bertz CT molecular complexity index is 580. The molecule has 2 aromatic carbocycles. The van der Waals surface area contributed by atoms with E-state index in [2.05, 4.69) is 0 Å². The minimum Gasteiger partial charge on any atom is -0.870 e. The fourth-order valence-corrected chi connectivity index (χ4v) is 1.55. The summed E-state index contributed by atoms with van der Waals surface area (Å²) in [6.07, 6.45) is 0. The number of rotatable bonds is 2. The molecule has 0 saturated heterocycles. The van der Waals surface area contributed by atoms with Crippen molar-refractivity contribution in [2.45, 2.75) is 6.92 Å². The molecule has 0 aliphatic carbocycles. The fourth-order valence-electron chi connectivity index (χ4n) is 1.55. The van der Waals surface area contributed by atoms with E-state index in [9.17, 15) is 9.59 Å². The van der Waals surface area contributed by atoms with Crippen molar-refractivity contribution in [1.29, 1.82) is 0 Å². The van der Waals surface area contributed by atoms with Gasteiger partial charge in [0.25, 0.3) is 0 Å². The predicted molar refractivity (Wildman–Crippen MR) is 80.8 cm³/mol. The average Bonchev–Trinajstić information content (AvgIpc) is 2.40. The molecule has 0 bridgehead atoms. The Morgan fingerprint density at radius 3 is 1.50 bits per heavy atom. The number of benzene rings is 2. The summed E-state index contributed by atoms with van der Waals surface area (Å²) in [5, 5.41) is 17.4. The van der Waals surface area contributed by atoms with E-state index in [0.717, 1.165) is 5.46 Å². The van der Waals surface area contributed by atoms with Crippen LogP contribution in [0.2, 0.25) is 0 Å². The Balaban J connectivity index is 0. The summed E-state index contributed by atoms with van der Waals surface area (Å²) in [5.74, 6) is -2.22. The summed E-state index contributed by atoms with van der Waals surface area (Å²) < 4.78 is 0. The standard InChI is InChI=1S/C9H8O4.C6H5B.2H2O/c1-5-6(8(10)11)3-2-4-7(5)9(12)13;7-6-4-2-1-3-5-6;;/h2-4H,1H3,(H,10,11)(H,12,13);1-5H;2*1H2/q;+2;;/p-2. The molecule has 0 fully saturated rings. The third-order valence-electron chi connectivity index (χ3n) is 2.59. The Morgan fingerprint density at radius 1 is 0.818 bits per heavy atom. The van der Waals surface area contributed by atoms with Gasteiger partial charge in [0.05, 0.1) is 11.1 Å². The zero-order valence-corrected chi connectivity index (χ0v) is 11.8. The van der Waals surface area contributed by atoms with E-state index in [1.165, 1.54) is 25.1 Å². The Kier molecular flexibility index (Phi) is 9.99. The van der Waals surface area contributed by atoms with Gasteiger partial charge in [0.2, 0.25) is 0 Å². The van der Waals surface area contributed by atoms with Crippen molar-refractivity contribution in [3.63, 3.8) is 0 Å². The molecule has 0 saturated carbocycles. The Labute approximate surface area is 129 Å². The summed E-state index contributed by atoms with van der Waals surface area (Å²) in [4.78, 5) is 21.2. The zero-order valence-electron chi connectivity index (χ0n) is 11.8. The van der Waals surface area contributed by atoms with Crippen LogP contribution in [0, 0.1) is 6.92 Å². The van der Waals surface area contributed by atoms with Crippen LogP contribution in [0.3, 0.4) is 0 Å². The minimum absolute atomic E-state index is 0.